The monoisotopic (exact) mass is 156 g/mol. The maximum atomic E-state index is 7.32. The van der Waals surface area contributed by atoms with Crippen molar-refractivity contribution < 1.29 is 0 Å². The highest BCUT2D eigenvalue weighted by Gasteiger charge is 2.04. The Bertz CT molecular complexity index is 63.3. The van der Waals surface area contributed by atoms with Crippen LogP contribution in [0.3, 0.4) is 0 Å². The second kappa shape index (κ2) is 8.06. The Hall–Kier alpha value is -0.0400. The van der Waals surface area contributed by atoms with E-state index in [1.807, 2.05) is 0 Å². The molecule has 0 amide bonds. The molecule has 0 unspecified atom stereocenters. The first kappa shape index (κ1) is 11.0. The van der Waals surface area contributed by atoms with E-state index in [1.165, 1.54) is 38.5 Å². The zero-order valence-corrected chi connectivity index (χ0v) is 8.03. The minimum Gasteiger partial charge on any atom is -0.258 e. The lowest BCUT2D eigenvalue weighted by Gasteiger charge is -2.12. The van der Waals surface area contributed by atoms with Gasteiger partial charge in [0.25, 0.3) is 0 Å². The molecule has 0 aromatic rings. The Kier molecular flexibility index (Phi) is 8.03. The topological polar surface area (TPSA) is 23.8 Å². The van der Waals surface area contributed by atoms with E-state index in [9.17, 15) is 0 Å². The summed E-state index contributed by atoms with van der Waals surface area (Å²) in [5, 5.41) is 0. The van der Waals surface area contributed by atoms with Gasteiger partial charge in [-0.25, -0.2) is 0 Å². The van der Waals surface area contributed by atoms with Crippen LogP contribution < -0.4 is 5.73 Å². The fourth-order valence-corrected chi connectivity index (χ4v) is 1.33. The molecule has 0 atom stereocenters. The SMILES string of the molecule is CCCCC(C[NH])CCCC. The zero-order valence-electron chi connectivity index (χ0n) is 8.03. The number of unbranched alkanes of at least 4 members (excludes halogenated alkanes) is 2. The second-order valence-corrected chi connectivity index (χ2v) is 3.35. The summed E-state index contributed by atoms with van der Waals surface area (Å²) >= 11 is 0. The van der Waals surface area contributed by atoms with Crippen LogP contribution in [-0.2, 0) is 0 Å². The van der Waals surface area contributed by atoms with Crippen molar-refractivity contribution in [1.29, 1.82) is 0 Å². The summed E-state index contributed by atoms with van der Waals surface area (Å²) in [6.45, 7) is 5.08. The number of nitrogens with one attached hydrogen (secondary N) is 1. The Morgan fingerprint density at radius 3 is 1.73 bits per heavy atom. The molecule has 1 nitrogen and oxygen atoms in total. The van der Waals surface area contributed by atoms with E-state index >= 15 is 0 Å². The summed E-state index contributed by atoms with van der Waals surface area (Å²) in [7, 11) is 0. The molecule has 0 saturated carbocycles. The van der Waals surface area contributed by atoms with Gasteiger partial charge >= 0.3 is 0 Å². The molecule has 1 N–H and O–H groups in total. The van der Waals surface area contributed by atoms with E-state index < -0.39 is 0 Å². The van der Waals surface area contributed by atoms with Crippen LogP contribution in [0.15, 0.2) is 0 Å². The molecule has 1 radical (unpaired) electrons. The molecule has 0 heterocycles. The predicted molar refractivity (Wildman–Crippen MR) is 50.5 cm³/mol. The Morgan fingerprint density at radius 1 is 1.00 bits per heavy atom. The molecule has 0 aromatic carbocycles. The van der Waals surface area contributed by atoms with Gasteiger partial charge in [0.1, 0.15) is 0 Å². The number of rotatable bonds is 7. The quantitative estimate of drug-likeness (QED) is 0.540. The summed E-state index contributed by atoms with van der Waals surface area (Å²) in [6, 6.07) is 0. The van der Waals surface area contributed by atoms with Gasteiger partial charge in [-0.15, -0.1) is 0 Å². The molecule has 0 rings (SSSR count). The van der Waals surface area contributed by atoms with Gasteiger partial charge in [-0.2, -0.15) is 0 Å². The van der Waals surface area contributed by atoms with E-state index in [4.69, 9.17) is 5.73 Å². The summed E-state index contributed by atoms with van der Waals surface area (Å²) in [5.41, 5.74) is 7.32. The van der Waals surface area contributed by atoms with Gasteiger partial charge in [-0.3, -0.25) is 5.73 Å². The lowest BCUT2D eigenvalue weighted by Crippen LogP contribution is -2.06. The maximum Gasteiger partial charge on any atom is 0.0128 e. The lowest BCUT2D eigenvalue weighted by atomic mass is 9.96. The summed E-state index contributed by atoms with van der Waals surface area (Å²) in [5.74, 6) is 0.690. The highest BCUT2D eigenvalue weighted by molar-refractivity contribution is 4.59. The summed E-state index contributed by atoms with van der Waals surface area (Å²) in [6.07, 6.45) is 7.74. The first-order chi connectivity index (χ1) is 5.35. The van der Waals surface area contributed by atoms with E-state index in [2.05, 4.69) is 13.8 Å². The third kappa shape index (κ3) is 6.36. The van der Waals surface area contributed by atoms with Crippen LogP contribution in [0, 0.1) is 5.92 Å². The molecule has 0 bridgehead atoms. The van der Waals surface area contributed by atoms with Crippen molar-refractivity contribution in [2.45, 2.75) is 52.4 Å². The number of hydrogen-bond donors (Lipinski definition) is 0. The average Bonchev–Trinajstić information content (AvgIpc) is 2.05. The molecule has 0 saturated heterocycles. The van der Waals surface area contributed by atoms with E-state index in [0.29, 0.717) is 12.5 Å². The summed E-state index contributed by atoms with van der Waals surface area (Å²) < 4.78 is 0. The lowest BCUT2D eigenvalue weighted by molar-refractivity contribution is 0.424. The molecule has 11 heavy (non-hydrogen) atoms. The molecule has 0 fully saturated rings. The minimum atomic E-state index is 0.639. The van der Waals surface area contributed by atoms with Crippen LogP contribution in [0.25, 0.3) is 0 Å². The van der Waals surface area contributed by atoms with Gasteiger partial charge in [0.05, 0.1) is 0 Å². The highest BCUT2D eigenvalue weighted by Crippen LogP contribution is 2.14. The van der Waals surface area contributed by atoms with Gasteiger partial charge in [0.15, 0.2) is 0 Å². The molecule has 1 heteroatoms. The smallest absolute Gasteiger partial charge is 0.0128 e. The minimum absolute atomic E-state index is 0.639. The molecular formula is C10H22N. The van der Waals surface area contributed by atoms with Crippen LogP contribution in [0.1, 0.15) is 52.4 Å². The molecule has 0 spiro atoms. The fourth-order valence-electron chi connectivity index (χ4n) is 1.33. The van der Waals surface area contributed by atoms with Crippen molar-refractivity contribution in [3.8, 4) is 0 Å². The van der Waals surface area contributed by atoms with E-state index in [0.717, 1.165) is 0 Å². The molecule has 67 valence electrons. The van der Waals surface area contributed by atoms with Crippen LogP contribution in [-0.4, -0.2) is 6.54 Å². The average molecular weight is 156 g/mol. The van der Waals surface area contributed by atoms with Crippen molar-refractivity contribution in [2.75, 3.05) is 6.54 Å². The standard InChI is InChI=1S/C10H22N/c1-3-5-7-10(9-11)8-6-4-2/h10-11H,3-9H2,1-2H3. The van der Waals surface area contributed by atoms with Crippen molar-refractivity contribution in [2.24, 2.45) is 5.92 Å². The molecule has 0 aliphatic rings. The van der Waals surface area contributed by atoms with E-state index in [1.54, 1.807) is 0 Å². The van der Waals surface area contributed by atoms with Gasteiger partial charge in [-0.1, -0.05) is 39.5 Å². The molecule has 0 aromatic heterocycles. The van der Waals surface area contributed by atoms with Crippen molar-refractivity contribution >= 4 is 0 Å². The molecular weight excluding hydrogens is 134 g/mol. The van der Waals surface area contributed by atoms with Crippen LogP contribution >= 0.6 is 0 Å². The van der Waals surface area contributed by atoms with Gasteiger partial charge in [0, 0.05) is 6.54 Å². The Morgan fingerprint density at radius 2 is 1.45 bits per heavy atom. The third-order valence-electron chi connectivity index (χ3n) is 2.22. The first-order valence-corrected chi connectivity index (χ1v) is 4.99. The first-order valence-electron chi connectivity index (χ1n) is 4.99. The van der Waals surface area contributed by atoms with Crippen molar-refractivity contribution in [3.05, 3.63) is 0 Å². The summed E-state index contributed by atoms with van der Waals surface area (Å²) in [4.78, 5) is 0. The normalized spacial score (nSPS) is 10.9. The molecule has 0 aliphatic heterocycles. The maximum absolute atomic E-state index is 7.32. The predicted octanol–water partition coefficient (Wildman–Crippen LogP) is 3.27. The second-order valence-electron chi connectivity index (χ2n) is 3.35. The number of hydrogen-bond acceptors (Lipinski definition) is 0. The highest BCUT2D eigenvalue weighted by atomic mass is 14.5. The van der Waals surface area contributed by atoms with Gasteiger partial charge in [0.2, 0.25) is 0 Å². The van der Waals surface area contributed by atoms with Crippen molar-refractivity contribution in [3.63, 3.8) is 0 Å². The van der Waals surface area contributed by atoms with Crippen molar-refractivity contribution in [1.82, 2.24) is 5.73 Å². The van der Waals surface area contributed by atoms with Crippen LogP contribution in [0.2, 0.25) is 0 Å². The third-order valence-corrected chi connectivity index (χ3v) is 2.22. The Labute approximate surface area is 71.4 Å². The van der Waals surface area contributed by atoms with Crippen LogP contribution in [0.4, 0.5) is 0 Å². The van der Waals surface area contributed by atoms with E-state index in [-0.39, 0.29) is 0 Å². The Balaban J connectivity index is 3.25. The van der Waals surface area contributed by atoms with Crippen LogP contribution in [0.5, 0.6) is 0 Å². The van der Waals surface area contributed by atoms with Gasteiger partial charge in [-0.05, 0) is 18.8 Å². The largest absolute Gasteiger partial charge is 0.258 e. The zero-order chi connectivity index (χ0) is 8.53. The van der Waals surface area contributed by atoms with Gasteiger partial charge < -0.3 is 0 Å². The fraction of sp³-hybridized carbons (Fsp3) is 1.00. The molecule has 0 aliphatic carbocycles.